The first kappa shape index (κ1) is 18.9. The summed E-state index contributed by atoms with van der Waals surface area (Å²) in [5, 5.41) is 9.65. The summed E-state index contributed by atoms with van der Waals surface area (Å²) in [7, 11) is 0. The summed E-state index contributed by atoms with van der Waals surface area (Å²) in [5.74, 6) is 1.11. The minimum atomic E-state index is -0.168. The van der Waals surface area contributed by atoms with Crippen LogP contribution in [0.1, 0.15) is 24.7 Å². The summed E-state index contributed by atoms with van der Waals surface area (Å²) in [6, 6.07) is 17.6. The average Bonchev–Trinajstić information content (AvgIpc) is 3.47. The molecule has 0 N–H and O–H groups in total. The standard InChI is InChI=1S/C24H22N6O2/c31-24-22-18(15-29(27-22)19-6-2-1-3-7-19)14-25-30(24)16-28-12-10-17(11-13-28)23-26-20-8-4-5-9-21(20)32-23/h1-9,14-15,17H,10-13,16H2. The molecule has 8 nitrogen and oxygen atoms in total. The van der Waals surface area contributed by atoms with Crippen LogP contribution in [0, 0.1) is 0 Å². The van der Waals surface area contributed by atoms with Crippen molar-refractivity contribution in [2.75, 3.05) is 13.1 Å². The number of rotatable bonds is 4. The first-order valence-corrected chi connectivity index (χ1v) is 10.8. The van der Waals surface area contributed by atoms with E-state index in [1.54, 1.807) is 10.9 Å². The van der Waals surface area contributed by atoms with Crippen LogP contribution in [0.25, 0.3) is 27.7 Å². The molecule has 1 fully saturated rings. The van der Waals surface area contributed by atoms with Crippen LogP contribution >= 0.6 is 0 Å². The van der Waals surface area contributed by atoms with Gasteiger partial charge in [0.1, 0.15) is 5.52 Å². The van der Waals surface area contributed by atoms with Crippen LogP contribution in [-0.2, 0) is 6.67 Å². The quantitative estimate of drug-likeness (QED) is 0.437. The predicted octanol–water partition coefficient (Wildman–Crippen LogP) is 3.56. The van der Waals surface area contributed by atoms with Crippen molar-refractivity contribution >= 4 is 22.0 Å². The maximum atomic E-state index is 13.0. The van der Waals surface area contributed by atoms with E-state index in [1.165, 1.54) is 4.68 Å². The van der Waals surface area contributed by atoms with Crippen molar-refractivity contribution in [1.82, 2.24) is 29.4 Å². The van der Waals surface area contributed by atoms with Gasteiger partial charge >= 0.3 is 0 Å². The fraction of sp³-hybridized carbons (Fsp3) is 0.250. The van der Waals surface area contributed by atoms with Gasteiger partial charge in [-0.1, -0.05) is 30.3 Å². The van der Waals surface area contributed by atoms with Gasteiger partial charge in [-0.15, -0.1) is 0 Å². The molecule has 0 unspecified atom stereocenters. The SMILES string of the molecule is O=c1c2nn(-c3ccccc3)cc2cnn1CN1CCC(c2nc3ccccc3o2)CC1. The highest BCUT2D eigenvalue weighted by molar-refractivity contribution is 5.76. The Balaban J connectivity index is 1.17. The van der Waals surface area contributed by atoms with Crippen molar-refractivity contribution in [3.63, 3.8) is 0 Å². The van der Waals surface area contributed by atoms with Crippen LogP contribution in [0.4, 0.5) is 0 Å². The highest BCUT2D eigenvalue weighted by atomic mass is 16.3. The summed E-state index contributed by atoms with van der Waals surface area (Å²) >= 11 is 0. The summed E-state index contributed by atoms with van der Waals surface area (Å²) in [5.41, 5.74) is 2.92. The molecule has 1 aliphatic rings. The summed E-state index contributed by atoms with van der Waals surface area (Å²) < 4.78 is 9.19. The molecule has 4 heterocycles. The van der Waals surface area contributed by atoms with E-state index in [0.29, 0.717) is 18.1 Å². The molecule has 0 aliphatic carbocycles. The number of hydrogen-bond donors (Lipinski definition) is 0. The average molecular weight is 426 g/mol. The van der Waals surface area contributed by atoms with Gasteiger partial charge in [0.2, 0.25) is 0 Å². The first-order chi connectivity index (χ1) is 15.7. The molecule has 160 valence electrons. The van der Waals surface area contributed by atoms with Crippen LogP contribution in [0.15, 0.2) is 76.2 Å². The molecule has 0 atom stereocenters. The fourth-order valence-corrected chi connectivity index (χ4v) is 4.34. The summed E-state index contributed by atoms with van der Waals surface area (Å²) in [6.45, 7) is 2.16. The maximum Gasteiger partial charge on any atom is 0.296 e. The van der Waals surface area contributed by atoms with Crippen molar-refractivity contribution in [2.24, 2.45) is 0 Å². The fourth-order valence-electron chi connectivity index (χ4n) is 4.34. The number of oxazole rings is 1. The zero-order chi connectivity index (χ0) is 21.5. The number of aromatic nitrogens is 5. The Morgan fingerprint density at radius 2 is 1.78 bits per heavy atom. The van der Waals surface area contributed by atoms with Gasteiger partial charge in [0.25, 0.3) is 5.56 Å². The second kappa shape index (κ2) is 7.72. The molecule has 32 heavy (non-hydrogen) atoms. The largest absolute Gasteiger partial charge is 0.440 e. The third-order valence-corrected chi connectivity index (χ3v) is 6.12. The molecular formula is C24H22N6O2. The van der Waals surface area contributed by atoms with Gasteiger partial charge in [0.15, 0.2) is 17.0 Å². The van der Waals surface area contributed by atoms with Crippen molar-refractivity contribution in [3.05, 3.63) is 83.2 Å². The van der Waals surface area contributed by atoms with Crippen molar-refractivity contribution in [2.45, 2.75) is 25.4 Å². The van der Waals surface area contributed by atoms with E-state index >= 15 is 0 Å². The Labute approximate surface area is 183 Å². The molecule has 1 saturated heterocycles. The van der Waals surface area contributed by atoms with Gasteiger partial charge < -0.3 is 4.42 Å². The number of piperidine rings is 1. The number of likely N-dealkylation sites (tertiary alicyclic amines) is 1. The lowest BCUT2D eigenvalue weighted by Crippen LogP contribution is -2.38. The molecule has 3 aromatic heterocycles. The van der Waals surface area contributed by atoms with Gasteiger partial charge in [-0.2, -0.15) is 10.2 Å². The minimum absolute atomic E-state index is 0.168. The summed E-state index contributed by atoms with van der Waals surface area (Å²) in [4.78, 5) is 19.9. The monoisotopic (exact) mass is 426 g/mol. The van der Waals surface area contributed by atoms with Crippen LogP contribution in [0.3, 0.4) is 0 Å². The van der Waals surface area contributed by atoms with Crippen LogP contribution in [0.5, 0.6) is 0 Å². The second-order valence-corrected chi connectivity index (χ2v) is 8.22. The molecular weight excluding hydrogens is 404 g/mol. The van der Waals surface area contributed by atoms with E-state index in [1.807, 2.05) is 60.8 Å². The maximum absolute atomic E-state index is 13.0. The van der Waals surface area contributed by atoms with E-state index in [-0.39, 0.29) is 5.56 Å². The number of fused-ring (bicyclic) bond motifs is 2. The molecule has 1 aliphatic heterocycles. The molecule has 0 bridgehead atoms. The lowest BCUT2D eigenvalue weighted by molar-refractivity contribution is 0.152. The minimum Gasteiger partial charge on any atom is -0.440 e. The lowest BCUT2D eigenvalue weighted by atomic mass is 9.97. The number of hydrogen-bond acceptors (Lipinski definition) is 6. The third kappa shape index (κ3) is 3.38. The lowest BCUT2D eigenvalue weighted by Gasteiger charge is -2.30. The van der Waals surface area contributed by atoms with Crippen LogP contribution in [0.2, 0.25) is 0 Å². The van der Waals surface area contributed by atoms with Gasteiger partial charge in [-0.25, -0.2) is 14.3 Å². The van der Waals surface area contributed by atoms with E-state index < -0.39 is 0 Å². The second-order valence-electron chi connectivity index (χ2n) is 8.22. The van der Waals surface area contributed by atoms with Gasteiger partial charge in [-0.3, -0.25) is 9.69 Å². The number of benzene rings is 2. The molecule has 5 aromatic rings. The first-order valence-electron chi connectivity index (χ1n) is 10.8. The van der Waals surface area contributed by atoms with Crippen molar-refractivity contribution in [3.8, 4) is 5.69 Å². The Bertz CT molecular complexity index is 1410. The van der Waals surface area contributed by atoms with E-state index in [2.05, 4.69) is 20.1 Å². The Morgan fingerprint density at radius 3 is 2.59 bits per heavy atom. The van der Waals surface area contributed by atoms with Crippen LogP contribution in [-0.4, -0.2) is 42.5 Å². The molecule has 2 aromatic carbocycles. The van der Waals surface area contributed by atoms with Gasteiger partial charge in [0, 0.05) is 30.6 Å². The van der Waals surface area contributed by atoms with Crippen molar-refractivity contribution < 1.29 is 4.42 Å². The molecule has 0 radical (unpaired) electrons. The molecule has 0 saturated carbocycles. The van der Waals surface area contributed by atoms with Gasteiger partial charge in [0.05, 0.1) is 18.6 Å². The molecule has 0 spiro atoms. The zero-order valence-corrected chi connectivity index (χ0v) is 17.5. The Hall–Kier alpha value is -3.78. The zero-order valence-electron chi connectivity index (χ0n) is 17.5. The topological polar surface area (TPSA) is 82.0 Å². The van der Waals surface area contributed by atoms with E-state index in [0.717, 1.165) is 54.0 Å². The third-order valence-electron chi connectivity index (χ3n) is 6.12. The predicted molar refractivity (Wildman–Crippen MR) is 121 cm³/mol. The van der Waals surface area contributed by atoms with E-state index in [9.17, 15) is 4.79 Å². The van der Waals surface area contributed by atoms with Crippen molar-refractivity contribution in [1.29, 1.82) is 0 Å². The Morgan fingerprint density at radius 1 is 1.00 bits per heavy atom. The molecule has 6 rings (SSSR count). The summed E-state index contributed by atoms with van der Waals surface area (Å²) in [6.07, 6.45) is 5.43. The normalized spacial score (nSPS) is 15.6. The number of nitrogens with zero attached hydrogens (tertiary/aromatic N) is 6. The van der Waals surface area contributed by atoms with Crippen LogP contribution < -0.4 is 5.56 Å². The highest BCUT2D eigenvalue weighted by Crippen LogP contribution is 2.30. The smallest absolute Gasteiger partial charge is 0.296 e. The molecule has 8 heteroatoms. The Kier molecular flexibility index (Phi) is 4.57. The molecule has 0 amide bonds. The highest BCUT2D eigenvalue weighted by Gasteiger charge is 2.25. The number of para-hydroxylation sites is 3. The van der Waals surface area contributed by atoms with Gasteiger partial charge in [-0.05, 0) is 37.1 Å². The van der Waals surface area contributed by atoms with E-state index in [4.69, 9.17) is 4.42 Å².